The lowest BCUT2D eigenvalue weighted by Crippen LogP contribution is -2.11. The van der Waals surface area contributed by atoms with Crippen molar-refractivity contribution in [3.8, 4) is 5.75 Å². The van der Waals surface area contributed by atoms with Crippen LogP contribution in [0.3, 0.4) is 0 Å². The molecule has 0 saturated heterocycles. The van der Waals surface area contributed by atoms with Gasteiger partial charge in [-0.2, -0.15) is 0 Å². The largest absolute Gasteiger partial charge is 0.497 e. The first-order chi connectivity index (χ1) is 8.29. The summed E-state index contributed by atoms with van der Waals surface area (Å²) < 4.78 is 10.5. The van der Waals surface area contributed by atoms with E-state index in [0.717, 1.165) is 29.9 Å². The van der Waals surface area contributed by atoms with Crippen LogP contribution >= 0.6 is 0 Å². The molecule has 0 aliphatic carbocycles. The van der Waals surface area contributed by atoms with Crippen LogP contribution in [-0.2, 0) is 6.42 Å². The first kappa shape index (κ1) is 11.7. The molecule has 2 aromatic rings. The average molecular weight is 231 g/mol. The molecule has 90 valence electrons. The summed E-state index contributed by atoms with van der Waals surface area (Å²) in [5, 5.41) is 0. The summed E-state index contributed by atoms with van der Waals surface area (Å²) in [4.78, 5) is 0. The van der Waals surface area contributed by atoms with Crippen LogP contribution in [0.4, 0.5) is 0 Å². The van der Waals surface area contributed by atoms with Gasteiger partial charge in [-0.1, -0.05) is 12.1 Å². The summed E-state index contributed by atoms with van der Waals surface area (Å²) in [6, 6.07) is 11.8. The van der Waals surface area contributed by atoms with Gasteiger partial charge in [-0.05, 0) is 36.2 Å². The molecule has 0 radical (unpaired) electrons. The molecule has 1 aromatic carbocycles. The Kier molecular flexibility index (Phi) is 3.83. The number of rotatable bonds is 5. The van der Waals surface area contributed by atoms with Crippen LogP contribution in [0.2, 0.25) is 0 Å². The van der Waals surface area contributed by atoms with Crippen molar-refractivity contribution in [2.45, 2.75) is 18.9 Å². The lowest BCUT2D eigenvalue weighted by molar-refractivity contribution is 0.413. The topological polar surface area (TPSA) is 48.4 Å². The second-order valence-corrected chi connectivity index (χ2v) is 4.00. The second kappa shape index (κ2) is 5.55. The van der Waals surface area contributed by atoms with Crippen LogP contribution in [0.15, 0.2) is 47.1 Å². The third kappa shape index (κ3) is 3.11. The summed E-state index contributed by atoms with van der Waals surface area (Å²) in [6.07, 6.45) is 3.40. The lowest BCUT2D eigenvalue weighted by Gasteiger charge is -2.12. The van der Waals surface area contributed by atoms with E-state index in [1.807, 2.05) is 36.4 Å². The Bertz CT molecular complexity index is 451. The second-order valence-electron chi connectivity index (χ2n) is 4.00. The zero-order valence-corrected chi connectivity index (χ0v) is 9.93. The van der Waals surface area contributed by atoms with Crippen molar-refractivity contribution in [1.82, 2.24) is 0 Å². The Morgan fingerprint density at radius 3 is 2.88 bits per heavy atom. The molecule has 0 aliphatic heterocycles. The van der Waals surface area contributed by atoms with Crippen LogP contribution in [0, 0.1) is 0 Å². The molecule has 2 N–H and O–H groups in total. The number of furan rings is 1. The standard InChI is InChI=1S/C14H17NO2/c1-16-13-5-2-4-11(10-13)14(15)8-7-12-6-3-9-17-12/h2-6,9-10,14H,7-8,15H2,1H3. The molecule has 0 amide bonds. The number of methoxy groups -OCH3 is 1. The molecule has 0 aliphatic rings. The SMILES string of the molecule is COc1cccc(C(N)CCc2ccco2)c1. The maximum Gasteiger partial charge on any atom is 0.119 e. The Hall–Kier alpha value is -1.74. The summed E-state index contributed by atoms with van der Waals surface area (Å²) in [7, 11) is 1.66. The average Bonchev–Trinajstić information content (AvgIpc) is 2.89. The van der Waals surface area contributed by atoms with Gasteiger partial charge in [0.05, 0.1) is 13.4 Å². The van der Waals surface area contributed by atoms with Crippen molar-refractivity contribution in [1.29, 1.82) is 0 Å². The summed E-state index contributed by atoms with van der Waals surface area (Å²) in [6.45, 7) is 0. The number of nitrogens with two attached hydrogens (primary N) is 1. The van der Waals surface area contributed by atoms with Crippen LogP contribution in [0.1, 0.15) is 23.8 Å². The van der Waals surface area contributed by atoms with Crippen LogP contribution in [0.5, 0.6) is 5.75 Å². The van der Waals surface area contributed by atoms with E-state index < -0.39 is 0 Å². The van der Waals surface area contributed by atoms with Crippen LogP contribution in [-0.4, -0.2) is 7.11 Å². The fraction of sp³-hybridized carbons (Fsp3) is 0.286. The van der Waals surface area contributed by atoms with Crippen molar-refractivity contribution < 1.29 is 9.15 Å². The monoisotopic (exact) mass is 231 g/mol. The number of hydrogen-bond acceptors (Lipinski definition) is 3. The van der Waals surface area contributed by atoms with E-state index >= 15 is 0 Å². The van der Waals surface area contributed by atoms with E-state index in [1.54, 1.807) is 13.4 Å². The number of benzene rings is 1. The van der Waals surface area contributed by atoms with Crippen molar-refractivity contribution in [2.24, 2.45) is 5.73 Å². The smallest absolute Gasteiger partial charge is 0.119 e. The molecule has 3 heteroatoms. The molecule has 17 heavy (non-hydrogen) atoms. The van der Waals surface area contributed by atoms with Crippen molar-refractivity contribution in [3.05, 3.63) is 54.0 Å². The highest BCUT2D eigenvalue weighted by molar-refractivity contribution is 5.30. The molecular formula is C14H17NO2. The molecule has 1 atom stereocenters. The normalized spacial score (nSPS) is 12.4. The molecule has 3 nitrogen and oxygen atoms in total. The fourth-order valence-electron chi connectivity index (χ4n) is 1.79. The van der Waals surface area contributed by atoms with Crippen LogP contribution in [0.25, 0.3) is 0 Å². The molecule has 1 heterocycles. The Morgan fingerprint density at radius 1 is 1.29 bits per heavy atom. The maximum atomic E-state index is 6.14. The van der Waals surface area contributed by atoms with Gasteiger partial charge in [-0.15, -0.1) is 0 Å². The quantitative estimate of drug-likeness (QED) is 0.860. The third-order valence-corrected chi connectivity index (χ3v) is 2.80. The maximum absolute atomic E-state index is 6.14. The first-order valence-electron chi connectivity index (χ1n) is 5.71. The number of ether oxygens (including phenoxy) is 1. The van der Waals surface area contributed by atoms with E-state index in [2.05, 4.69) is 0 Å². The lowest BCUT2D eigenvalue weighted by atomic mass is 10.0. The molecule has 1 aromatic heterocycles. The van der Waals surface area contributed by atoms with Crippen LogP contribution < -0.4 is 10.5 Å². The Labute approximate surface area is 101 Å². The molecule has 0 bridgehead atoms. The minimum absolute atomic E-state index is 0.00944. The van der Waals surface area contributed by atoms with E-state index in [4.69, 9.17) is 14.9 Å². The summed E-state index contributed by atoms with van der Waals surface area (Å²) in [5.74, 6) is 1.82. The Balaban J connectivity index is 1.96. The molecule has 2 rings (SSSR count). The number of aryl methyl sites for hydroxylation is 1. The minimum atomic E-state index is 0.00944. The highest BCUT2D eigenvalue weighted by Crippen LogP contribution is 2.21. The van der Waals surface area contributed by atoms with Gasteiger partial charge in [0, 0.05) is 12.5 Å². The van der Waals surface area contributed by atoms with Gasteiger partial charge in [0.2, 0.25) is 0 Å². The van der Waals surface area contributed by atoms with Crippen molar-refractivity contribution in [2.75, 3.05) is 7.11 Å². The zero-order valence-electron chi connectivity index (χ0n) is 9.93. The summed E-state index contributed by atoms with van der Waals surface area (Å²) >= 11 is 0. The Morgan fingerprint density at radius 2 is 2.18 bits per heavy atom. The zero-order chi connectivity index (χ0) is 12.1. The molecule has 0 spiro atoms. The molecule has 1 unspecified atom stereocenters. The molecule has 0 fully saturated rings. The van der Waals surface area contributed by atoms with Gasteiger partial charge in [0.25, 0.3) is 0 Å². The molecule has 0 saturated carbocycles. The molecular weight excluding hydrogens is 214 g/mol. The van der Waals surface area contributed by atoms with Gasteiger partial charge in [-0.3, -0.25) is 0 Å². The van der Waals surface area contributed by atoms with Gasteiger partial charge in [0.15, 0.2) is 0 Å². The van der Waals surface area contributed by atoms with E-state index in [1.165, 1.54) is 0 Å². The van der Waals surface area contributed by atoms with E-state index in [9.17, 15) is 0 Å². The predicted octanol–water partition coefficient (Wildman–Crippen LogP) is 2.92. The van der Waals surface area contributed by atoms with Gasteiger partial charge < -0.3 is 14.9 Å². The fourth-order valence-corrected chi connectivity index (χ4v) is 1.79. The number of hydrogen-bond donors (Lipinski definition) is 1. The van der Waals surface area contributed by atoms with Crippen molar-refractivity contribution in [3.63, 3.8) is 0 Å². The van der Waals surface area contributed by atoms with E-state index in [-0.39, 0.29) is 6.04 Å². The predicted molar refractivity (Wildman–Crippen MR) is 67.0 cm³/mol. The van der Waals surface area contributed by atoms with E-state index in [0.29, 0.717) is 0 Å². The van der Waals surface area contributed by atoms with Gasteiger partial charge in [0.1, 0.15) is 11.5 Å². The highest BCUT2D eigenvalue weighted by atomic mass is 16.5. The van der Waals surface area contributed by atoms with Crippen molar-refractivity contribution >= 4 is 0 Å². The summed E-state index contributed by atoms with van der Waals surface area (Å²) in [5.41, 5.74) is 7.23. The van der Waals surface area contributed by atoms with Gasteiger partial charge >= 0.3 is 0 Å². The highest BCUT2D eigenvalue weighted by Gasteiger charge is 2.08. The van der Waals surface area contributed by atoms with Gasteiger partial charge in [-0.25, -0.2) is 0 Å². The first-order valence-corrected chi connectivity index (χ1v) is 5.71. The minimum Gasteiger partial charge on any atom is -0.497 e. The third-order valence-electron chi connectivity index (χ3n) is 2.80.